The minimum atomic E-state index is -0.521. The quantitative estimate of drug-likeness (QED) is 0.746. The summed E-state index contributed by atoms with van der Waals surface area (Å²) in [6, 6.07) is 0. The lowest BCUT2D eigenvalue weighted by Crippen LogP contribution is -2.26. The van der Waals surface area contributed by atoms with Crippen LogP contribution in [0.2, 0.25) is 0 Å². The van der Waals surface area contributed by atoms with E-state index in [1.54, 1.807) is 4.68 Å². The van der Waals surface area contributed by atoms with Crippen LogP contribution in [0.4, 0.5) is 0 Å². The normalized spacial score (nSPS) is 16.9. The first-order valence-corrected chi connectivity index (χ1v) is 6.57. The SMILES string of the molecule is CCOC(=O)C1(c2nc(CC(C)C)nn2C)CC1. The van der Waals surface area contributed by atoms with Crippen molar-refractivity contribution < 1.29 is 9.53 Å². The minimum Gasteiger partial charge on any atom is -0.465 e. The predicted molar refractivity (Wildman–Crippen MR) is 67.1 cm³/mol. The smallest absolute Gasteiger partial charge is 0.319 e. The molecule has 1 fully saturated rings. The molecule has 1 saturated carbocycles. The fourth-order valence-corrected chi connectivity index (χ4v) is 2.22. The monoisotopic (exact) mass is 251 g/mol. The average molecular weight is 251 g/mol. The van der Waals surface area contributed by atoms with Crippen LogP contribution in [0.15, 0.2) is 0 Å². The molecule has 1 aliphatic rings. The van der Waals surface area contributed by atoms with E-state index in [0.717, 1.165) is 30.9 Å². The van der Waals surface area contributed by atoms with Gasteiger partial charge < -0.3 is 4.74 Å². The van der Waals surface area contributed by atoms with Gasteiger partial charge in [0.1, 0.15) is 11.2 Å². The number of hydrogen-bond acceptors (Lipinski definition) is 4. The number of rotatable bonds is 5. The van der Waals surface area contributed by atoms with Crippen LogP contribution in [0.25, 0.3) is 0 Å². The largest absolute Gasteiger partial charge is 0.465 e. The molecule has 0 saturated heterocycles. The Labute approximate surface area is 108 Å². The van der Waals surface area contributed by atoms with E-state index in [-0.39, 0.29) is 5.97 Å². The number of aromatic nitrogens is 3. The number of hydrogen-bond donors (Lipinski definition) is 0. The third kappa shape index (κ3) is 2.26. The highest BCUT2D eigenvalue weighted by Gasteiger charge is 2.56. The molecular weight excluding hydrogens is 230 g/mol. The Morgan fingerprint density at radius 2 is 2.17 bits per heavy atom. The fourth-order valence-electron chi connectivity index (χ4n) is 2.22. The van der Waals surface area contributed by atoms with Crippen molar-refractivity contribution in [2.24, 2.45) is 13.0 Å². The zero-order valence-electron chi connectivity index (χ0n) is 11.6. The van der Waals surface area contributed by atoms with Crippen molar-refractivity contribution in [2.45, 2.75) is 45.4 Å². The molecule has 0 aromatic carbocycles. The third-order valence-electron chi connectivity index (χ3n) is 3.24. The van der Waals surface area contributed by atoms with Crippen LogP contribution >= 0.6 is 0 Å². The number of ether oxygens (including phenoxy) is 1. The van der Waals surface area contributed by atoms with E-state index < -0.39 is 5.41 Å². The molecule has 18 heavy (non-hydrogen) atoms. The van der Waals surface area contributed by atoms with Crippen LogP contribution in [-0.4, -0.2) is 27.3 Å². The van der Waals surface area contributed by atoms with Crippen LogP contribution in [-0.2, 0) is 28.4 Å². The van der Waals surface area contributed by atoms with Gasteiger partial charge in [-0.2, -0.15) is 5.10 Å². The van der Waals surface area contributed by atoms with Crippen molar-refractivity contribution in [2.75, 3.05) is 6.61 Å². The average Bonchev–Trinajstić information content (AvgIpc) is 2.99. The maximum atomic E-state index is 12.0. The van der Waals surface area contributed by atoms with Crippen LogP contribution in [0.3, 0.4) is 0 Å². The van der Waals surface area contributed by atoms with Gasteiger partial charge in [0.15, 0.2) is 5.82 Å². The molecule has 1 heterocycles. The lowest BCUT2D eigenvalue weighted by molar-refractivity contribution is -0.146. The molecule has 0 spiro atoms. The van der Waals surface area contributed by atoms with Gasteiger partial charge in [0, 0.05) is 13.5 Å². The van der Waals surface area contributed by atoms with Crippen LogP contribution in [0, 0.1) is 5.92 Å². The Morgan fingerprint density at radius 1 is 1.50 bits per heavy atom. The van der Waals surface area contributed by atoms with Crippen molar-refractivity contribution in [1.82, 2.24) is 14.8 Å². The molecule has 0 bridgehead atoms. The molecule has 0 atom stereocenters. The first-order chi connectivity index (χ1) is 8.49. The molecule has 1 aromatic heterocycles. The Kier molecular flexibility index (Phi) is 3.41. The highest BCUT2D eigenvalue weighted by molar-refractivity contribution is 5.85. The topological polar surface area (TPSA) is 57.0 Å². The van der Waals surface area contributed by atoms with Crippen molar-refractivity contribution in [3.05, 3.63) is 11.6 Å². The third-order valence-corrected chi connectivity index (χ3v) is 3.24. The summed E-state index contributed by atoms with van der Waals surface area (Å²) in [4.78, 5) is 16.5. The van der Waals surface area contributed by atoms with E-state index in [9.17, 15) is 4.79 Å². The van der Waals surface area contributed by atoms with Gasteiger partial charge in [-0.3, -0.25) is 9.48 Å². The summed E-state index contributed by atoms with van der Waals surface area (Å²) in [5.74, 6) is 1.93. The highest BCUT2D eigenvalue weighted by atomic mass is 16.5. The molecule has 0 aliphatic heterocycles. The van der Waals surface area contributed by atoms with Crippen LogP contribution in [0.1, 0.15) is 45.3 Å². The molecule has 0 amide bonds. The van der Waals surface area contributed by atoms with Gasteiger partial charge in [-0.1, -0.05) is 13.8 Å². The van der Waals surface area contributed by atoms with Crippen LogP contribution in [0.5, 0.6) is 0 Å². The van der Waals surface area contributed by atoms with E-state index in [4.69, 9.17) is 4.74 Å². The van der Waals surface area contributed by atoms with Gasteiger partial charge in [-0.25, -0.2) is 4.98 Å². The second-order valence-electron chi connectivity index (χ2n) is 5.38. The van der Waals surface area contributed by atoms with Crippen LogP contribution < -0.4 is 0 Å². The maximum Gasteiger partial charge on any atom is 0.319 e. The Bertz CT molecular complexity index is 447. The summed E-state index contributed by atoms with van der Waals surface area (Å²) in [7, 11) is 1.85. The highest BCUT2D eigenvalue weighted by Crippen LogP contribution is 2.48. The van der Waals surface area contributed by atoms with E-state index in [1.807, 2.05) is 14.0 Å². The van der Waals surface area contributed by atoms with Gasteiger partial charge in [0.2, 0.25) is 0 Å². The zero-order valence-corrected chi connectivity index (χ0v) is 11.6. The Balaban J connectivity index is 2.23. The molecule has 5 heteroatoms. The van der Waals surface area contributed by atoms with E-state index in [0.29, 0.717) is 12.5 Å². The van der Waals surface area contributed by atoms with Gasteiger partial charge in [0.25, 0.3) is 0 Å². The predicted octanol–water partition coefficient (Wildman–Crippen LogP) is 1.61. The van der Waals surface area contributed by atoms with Gasteiger partial charge in [-0.15, -0.1) is 0 Å². The standard InChI is InChI=1S/C13H21N3O2/c1-5-18-12(17)13(6-7-13)11-14-10(8-9(2)3)15-16(11)4/h9H,5-8H2,1-4H3. The summed E-state index contributed by atoms with van der Waals surface area (Å²) >= 11 is 0. The number of carbonyl (C=O) groups excluding carboxylic acids is 1. The maximum absolute atomic E-state index is 12.0. The van der Waals surface area contributed by atoms with Gasteiger partial charge in [0.05, 0.1) is 6.61 Å². The first kappa shape index (κ1) is 13.1. The summed E-state index contributed by atoms with van der Waals surface area (Å²) < 4.78 is 6.89. The molecule has 0 radical (unpaired) electrons. The van der Waals surface area contributed by atoms with E-state index in [1.165, 1.54) is 0 Å². The van der Waals surface area contributed by atoms with Gasteiger partial charge >= 0.3 is 5.97 Å². The summed E-state index contributed by atoms with van der Waals surface area (Å²) in [5.41, 5.74) is -0.521. The van der Waals surface area contributed by atoms with E-state index in [2.05, 4.69) is 23.9 Å². The molecule has 0 N–H and O–H groups in total. The number of aryl methyl sites for hydroxylation is 1. The molecular formula is C13H21N3O2. The molecule has 2 rings (SSSR count). The second kappa shape index (κ2) is 4.71. The Morgan fingerprint density at radius 3 is 2.67 bits per heavy atom. The fraction of sp³-hybridized carbons (Fsp3) is 0.769. The molecule has 5 nitrogen and oxygen atoms in total. The first-order valence-electron chi connectivity index (χ1n) is 6.57. The molecule has 100 valence electrons. The minimum absolute atomic E-state index is 0.156. The zero-order chi connectivity index (χ0) is 13.3. The van der Waals surface area contributed by atoms with Crippen molar-refractivity contribution in [3.63, 3.8) is 0 Å². The molecule has 1 aliphatic carbocycles. The number of esters is 1. The van der Waals surface area contributed by atoms with Crippen molar-refractivity contribution in [1.29, 1.82) is 0 Å². The van der Waals surface area contributed by atoms with Gasteiger partial charge in [-0.05, 0) is 25.7 Å². The summed E-state index contributed by atoms with van der Waals surface area (Å²) in [6.45, 7) is 6.51. The number of nitrogens with zero attached hydrogens (tertiary/aromatic N) is 3. The summed E-state index contributed by atoms with van der Waals surface area (Å²) in [6.07, 6.45) is 2.48. The molecule has 1 aromatic rings. The molecule has 0 unspecified atom stereocenters. The second-order valence-corrected chi connectivity index (χ2v) is 5.38. The Hall–Kier alpha value is -1.39. The van der Waals surface area contributed by atoms with Crippen molar-refractivity contribution >= 4 is 5.97 Å². The van der Waals surface area contributed by atoms with E-state index >= 15 is 0 Å². The lowest BCUT2D eigenvalue weighted by atomic mass is 10.1. The van der Waals surface area contributed by atoms with Crippen molar-refractivity contribution in [3.8, 4) is 0 Å². The summed E-state index contributed by atoms with van der Waals surface area (Å²) in [5, 5.41) is 4.40. The number of carbonyl (C=O) groups is 1. The lowest BCUT2D eigenvalue weighted by Gasteiger charge is -2.12.